The Kier molecular flexibility index (Phi) is 9.81. The molecule has 2 saturated heterocycles. The minimum atomic E-state index is -4.43. The lowest BCUT2D eigenvalue weighted by molar-refractivity contribution is -0.139. The molecule has 3 aliphatic rings. The van der Waals surface area contributed by atoms with E-state index in [0.29, 0.717) is 42.5 Å². The molecule has 1 aromatic carbocycles. The number of thioether (sulfide) groups is 1. The molecule has 6 rings (SSSR count). The van der Waals surface area contributed by atoms with Crippen molar-refractivity contribution in [3.05, 3.63) is 51.3 Å². The summed E-state index contributed by atoms with van der Waals surface area (Å²) in [6, 6.07) is 4.38. The first-order valence-corrected chi connectivity index (χ1v) is 16.6. The number of likely N-dealkylation sites (tertiary alicyclic amines) is 2. The van der Waals surface area contributed by atoms with Crippen molar-refractivity contribution < 1.29 is 18.3 Å². The summed E-state index contributed by atoms with van der Waals surface area (Å²) < 4.78 is 43.8. The molecular formula is C30H41F3N8O2S. The molecule has 4 N–H and O–H groups in total. The highest BCUT2D eigenvalue weighted by Crippen LogP contribution is 2.40. The van der Waals surface area contributed by atoms with Gasteiger partial charge in [0.15, 0.2) is 0 Å². The largest absolute Gasteiger partial charge is 0.417 e. The standard InChI is InChI=1S/C30H41F3N8O2S/c31-30(32,33)24-5-4-21(16-26(24)44-15-14-39-10-2-1-3-11-39)27-23-17-34-9-6-25(23)41(38-27)19-22(42)18-40-12-7-20(8-13-40)28-35-29(43)37-36-28/h4-5,16,20,22,34,42H,1-3,6-15,17-19H2,(H2,35,36,37,43). The molecule has 0 aliphatic carbocycles. The van der Waals surface area contributed by atoms with Crippen LogP contribution in [0.1, 0.15) is 60.7 Å². The van der Waals surface area contributed by atoms with E-state index in [1.54, 1.807) is 6.07 Å². The third-order valence-corrected chi connectivity index (χ3v) is 10.1. The number of aromatic nitrogens is 5. The van der Waals surface area contributed by atoms with Gasteiger partial charge in [-0.1, -0.05) is 12.5 Å². The molecule has 0 bridgehead atoms. The molecular weight excluding hydrogens is 593 g/mol. The number of piperidine rings is 2. The van der Waals surface area contributed by atoms with E-state index in [2.05, 4.69) is 30.3 Å². The van der Waals surface area contributed by atoms with Crippen LogP contribution in [0.3, 0.4) is 0 Å². The monoisotopic (exact) mass is 634 g/mol. The second kappa shape index (κ2) is 13.8. The van der Waals surface area contributed by atoms with Crippen LogP contribution in [0.25, 0.3) is 11.3 Å². The fraction of sp³-hybridized carbons (Fsp3) is 0.633. The Bertz CT molecular complexity index is 1460. The van der Waals surface area contributed by atoms with E-state index in [1.807, 2.05) is 4.68 Å². The summed E-state index contributed by atoms with van der Waals surface area (Å²) in [5.41, 5.74) is 2.47. The van der Waals surface area contributed by atoms with Gasteiger partial charge in [0.1, 0.15) is 5.82 Å². The van der Waals surface area contributed by atoms with E-state index in [9.17, 15) is 23.1 Å². The fourth-order valence-corrected chi connectivity index (χ4v) is 7.83. The van der Waals surface area contributed by atoms with Gasteiger partial charge < -0.3 is 20.2 Å². The number of nitrogens with one attached hydrogen (secondary N) is 3. The molecule has 0 spiro atoms. The second-order valence-corrected chi connectivity index (χ2v) is 13.3. The van der Waals surface area contributed by atoms with Crippen LogP contribution in [0.4, 0.5) is 13.2 Å². The number of H-pyrrole nitrogens is 2. The van der Waals surface area contributed by atoms with Gasteiger partial charge >= 0.3 is 11.9 Å². The number of aliphatic hydroxyl groups is 1. The van der Waals surface area contributed by atoms with Crippen LogP contribution in [-0.2, 0) is 25.7 Å². The first-order chi connectivity index (χ1) is 21.2. The lowest BCUT2D eigenvalue weighted by Crippen LogP contribution is -2.40. The van der Waals surface area contributed by atoms with Crippen LogP contribution in [0, 0.1) is 0 Å². The number of halogens is 3. The van der Waals surface area contributed by atoms with Crippen LogP contribution in [0.2, 0.25) is 0 Å². The number of rotatable bonds is 10. The molecule has 0 amide bonds. The maximum absolute atomic E-state index is 14.0. The van der Waals surface area contributed by atoms with Crippen molar-refractivity contribution >= 4 is 11.8 Å². The Morgan fingerprint density at radius 1 is 1.07 bits per heavy atom. The number of hydrogen-bond donors (Lipinski definition) is 4. The number of aliphatic hydroxyl groups excluding tert-OH is 1. The SMILES string of the molecule is O=c1[nH]nc(C2CCN(CC(O)Cn3nc(-c4ccc(C(F)(F)F)c(SCCN5CCCCC5)c4)c4c3CCNC4)CC2)[nH]1. The minimum Gasteiger partial charge on any atom is -0.390 e. The molecule has 2 aromatic heterocycles. The van der Waals surface area contributed by atoms with Crippen molar-refractivity contribution in [3.8, 4) is 11.3 Å². The van der Waals surface area contributed by atoms with Crippen molar-refractivity contribution in [2.45, 2.75) is 74.7 Å². The van der Waals surface area contributed by atoms with Crippen molar-refractivity contribution in [2.75, 3.05) is 51.6 Å². The molecule has 10 nitrogen and oxygen atoms in total. The summed E-state index contributed by atoms with van der Waals surface area (Å²) in [6.07, 6.45) is 0.856. The van der Waals surface area contributed by atoms with Crippen LogP contribution in [0.5, 0.6) is 0 Å². The number of aromatic amines is 2. The summed E-state index contributed by atoms with van der Waals surface area (Å²) >= 11 is 1.27. The number of nitrogens with zero attached hydrogens (tertiary/aromatic N) is 5. The third-order valence-electron chi connectivity index (χ3n) is 9.03. The molecule has 0 saturated carbocycles. The van der Waals surface area contributed by atoms with Crippen molar-refractivity contribution in [1.29, 1.82) is 0 Å². The summed E-state index contributed by atoms with van der Waals surface area (Å²) in [5, 5.41) is 25.8. The highest BCUT2D eigenvalue weighted by Gasteiger charge is 2.34. The zero-order chi connectivity index (χ0) is 30.7. The highest BCUT2D eigenvalue weighted by molar-refractivity contribution is 7.99. The normalized spacial score (nSPS) is 19.7. The van der Waals surface area contributed by atoms with E-state index < -0.39 is 17.8 Å². The quantitative estimate of drug-likeness (QED) is 0.251. The van der Waals surface area contributed by atoms with Crippen LogP contribution in [0.15, 0.2) is 27.9 Å². The van der Waals surface area contributed by atoms with Crippen LogP contribution in [-0.4, -0.2) is 97.5 Å². The molecule has 44 heavy (non-hydrogen) atoms. The molecule has 1 unspecified atom stereocenters. The van der Waals surface area contributed by atoms with Gasteiger partial charge in [-0.3, -0.25) is 9.67 Å². The third kappa shape index (κ3) is 7.41. The molecule has 240 valence electrons. The Hall–Kier alpha value is -2.65. The smallest absolute Gasteiger partial charge is 0.390 e. The Morgan fingerprint density at radius 3 is 2.59 bits per heavy atom. The number of fused-ring (bicyclic) bond motifs is 1. The molecule has 2 fully saturated rings. The van der Waals surface area contributed by atoms with Crippen LogP contribution >= 0.6 is 11.8 Å². The Labute approximate surface area is 258 Å². The van der Waals surface area contributed by atoms with Crippen LogP contribution < -0.4 is 11.0 Å². The maximum atomic E-state index is 14.0. The van der Waals surface area contributed by atoms with Gasteiger partial charge in [-0.25, -0.2) is 9.89 Å². The summed E-state index contributed by atoms with van der Waals surface area (Å²) in [7, 11) is 0. The number of hydrogen-bond acceptors (Lipinski definition) is 8. The highest BCUT2D eigenvalue weighted by atomic mass is 32.2. The number of alkyl halides is 3. The van der Waals surface area contributed by atoms with E-state index in [4.69, 9.17) is 5.10 Å². The van der Waals surface area contributed by atoms with Gasteiger partial charge in [-0.05, 0) is 64.0 Å². The second-order valence-electron chi connectivity index (χ2n) is 12.1. The van der Waals surface area contributed by atoms with Crippen molar-refractivity contribution in [3.63, 3.8) is 0 Å². The summed E-state index contributed by atoms with van der Waals surface area (Å²) in [5.74, 6) is 1.47. The zero-order valence-electron chi connectivity index (χ0n) is 24.8. The fourth-order valence-electron chi connectivity index (χ4n) is 6.71. The average Bonchev–Trinajstić information content (AvgIpc) is 3.61. The molecule has 14 heteroatoms. The van der Waals surface area contributed by atoms with Gasteiger partial charge in [-0.15, -0.1) is 11.8 Å². The van der Waals surface area contributed by atoms with E-state index in [-0.39, 0.29) is 16.5 Å². The Morgan fingerprint density at radius 2 is 1.86 bits per heavy atom. The lowest BCUT2D eigenvalue weighted by atomic mass is 9.96. The predicted molar refractivity (Wildman–Crippen MR) is 163 cm³/mol. The average molecular weight is 635 g/mol. The maximum Gasteiger partial charge on any atom is 0.417 e. The first-order valence-electron chi connectivity index (χ1n) is 15.7. The number of benzene rings is 1. The van der Waals surface area contributed by atoms with E-state index in [0.717, 1.165) is 82.6 Å². The Balaban J connectivity index is 1.15. The van der Waals surface area contributed by atoms with Gasteiger partial charge in [-0.2, -0.15) is 23.4 Å². The van der Waals surface area contributed by atoms with Crippen molar-refractivity contribution in [2.24, 2.45) is 0 Å². The molecule has 3 aromatic rings. The molecule has 1 atom stereocenters. The minimum absolute atomic E-state index is 0.187. The van der Waals surface area contributed by atoms with Crippen molar-refractivity contribution in [1.82, 2.24) is 40.1 Å². The van der Waals surface area contributed by atoms with Gasteiger partial charge in [0.25, 0.3) is 0 Å². The lowest BCUT2D eigenvalue weighted by Gasteiger charge is -2.32. The van der Waals surface area contributed by atoms with E-state index >= 15 is 0 Å². The first kappa shape index (κ1) is 31.3. The van der Waals surface area contributed by atoms with E-state index in [1.165, 1.54) is 30.3 Å². The molecule has 3 aliphatic heterocycles. The van der Waals surface area contributed by atoms with Gasteiger partial charge in [0.05, 0.1) is 23.9 Å². The predicted octanol–water partition coefficient (Wildman–Crippen LogP) is 3.44. The zero-order valence-corrected chi connectivity index (χ0v) is 25.7. The summed E-state index contributed by atoms with van der Waals surface area (Å²) in [6.45, 7) is 6.54. The number of β-amino-alcohol motifs (C(OH)–C–C–N with tert-alkyl or cyclic N) is 1. The van der Waals surface area contributed by atoms with Gasteiger partial charge in [0.2, 0.25) is 0 Å². The molecule has 5 heterocycles. The molecule has 0 radical (unpaired) electrons. The van der Waals surface area contributed by atoms with Gasteiger partial charge in [0, 0.05) is 66.0 Å². The topological polar surface area (TPSA) is 118 Å². The summed E-state index contributed by atoms with van der Waals surface area (Å²) in [4.78, 5) is 18.9.